The molecule has 0 bridgehead atoms. The minimum absolute atomic E-state index is 0.107. The molecular weight excluding hydrogens is 307 g/mol. The normalized spacial score (nSPS) is 12.4. The van der Waals surface area contributed by atoms with Crippen molar-refractivity contribution in [2.45, 2.75) is 19.4 Å². The van der Waals surface area contributed by atoms with E-state index in [4.69, 9.17) is 5.84 Å². The summed E-state index contributed by atoms with van der Waals surface area (Å²) in [5.41, 5.74) is 5.62. The molecule has 2 aromatic rings. The number of hydrazine groups is 1. The first-order chi connectivity index (χ1) is 9.10. The lowest BCUT2D eigenvalue weighted by Gasteiger charge is -2.17. The number of halogens is 2. The lowest BCUT2D eigenvalue weighted by atomic mass is 9.98. The molecule has 0 heterocycles. The van der Waals surface area contributed by atoms with E-state index in [0.717, 1.165) is 10.0 Å². The Bertz CT molecular complexity index is 555. The van der Waals surface area contributed by atoms with Crippen molar-refractivity contribution in [3.8, 4) is 0 Å². The molecule has 2 nitrogen and oxygen atoms in total. The molecule has 0 spiro atoms. The van der Waals surface area contributed by atoms with Gasteiger partial charge in [0.15, 0.2) is 0 Å². The molecule has 1 unspecified atom stereocenters. The minimum Gasteiger partial charge on any atom is -0.271 e. The Labute approximate surface area is 120 Å². The summed E-state index contributed by atoms with van der Waals surface area (Å²) in [4.78, 5) is 0. The average molecular weight is 323 g/mol. The van der Waals surface area contributed by atoms with Crippen molar-refractivity contribution in [1.82, 2.24) is 5.43 Å². The fourth-order valence-electron chi connectivity index (χ4n) is 1.99. The SMILES string of the molecule is Cc1ccc(C(Cc2cc(Br)ccc2F)NN)cc1. The van der Waals surface area contributed by atoms with Crippen LogP contribution in [0.15, 0.2) is 46.9 Å². The summed E-state index contributed by atoms with van der Waals surface area (Å²) in [7, 11) is 0. The van der Waals surface area contributed by atoms with E-state index in [0.29, 0.717) is 12.0 Å². The number of nitrogens with two attached hydrogens (primary N) is 1. The van der Waals surface area contributed by atoms with Crippen LogP contribution in [0.2, 0.25) is 0 Å². The predicted octanol–water partition coefficient (Wildman–Crippen LogP) is 3.64. The Morgan fingerprint density at radius 3 is 2.53 bits per heavy atom. The van der Waals surface area contributed by atoms with Crippen molar-refractivity contribution < 1.29 is 4.39 Å². The highest BCUT2D eigenvalue weighted by Gasteiger charge is 2.13. The predicted molar refractivity (Wildman–Crippen MR) is 79.0 cm³/mol. The molecule has 0 aliphatic carbocycles. The maximum Gasteiger partial charge on any atom is 0.126 e. The van der Waals surface area contributed by atoms with E-state index in [-0.39, 0.29) is 11.9 Å². The van der Waals surface area contributed by atoms with Gasteiger partial charge in [-0.2, -0.15) is 0 Å². The van der Waals surface area contributed by atoms with E-state index >= 15 is 0 Å². The Morgan fingerprint density at radius 2 is 1.89 bits per heavy atom. The minimum atomic E-state index is -0.212. The molecule has 0 aromatic heterocycles. The molecule has 0 aliphatic rings. The standard InChI is InChI=1S/C15H16BrFN2/c1-10-2-4-11(5-3-10)15(19-18)9-12-8-13(16)6-7-14(12)17/h2-8,15,19H,9,18H2,1H3. The summed E-state index contributed by atoms with van der Waals surface area (Å²) >= 11 is 3.36. The van der Waals surface area contributed by atoms with Crippen LogP contribution in [0, 0.1) is 12.7 Å². The fourth-order valence-corrected chi connectivity index (χ4v) is 2.40. The molecule has 2 rings (SSSR count). The molecular formula is C15H16BrFN2. The lowest BCUT2D eigenvalue weighted by Crippen LogP contribution is -2.29. The summed E-state index contributed by atoms with van der Waals surface area (Å²) in [6, 6.07) is 12.9. The summed E-state index contributed by atoms with van der Waals surface area (Å²) in [6.07, 6.45) is 0.505. The van der Waals surface area contributed by atoms with E-state index in [1.807, 2.05) is 31.2 Å². The third-order valence-electron chi connectivity index (χ3n) is 3.11. The van der Waals surface area contributed by atoms with Crippen molar-refractivity contribution >= 4 is 15.9 Å². The Kier molecular flexibility index (Phi) is 4.69. The molecule has 100 valence electrons. The van der Waals surface area contributed by atoms with Gasteiger partial charge in [-0.25, -0.2) is 4.39 Å². The van der Waals surface area contributed by atoms with Crippen LogP contribution >= 0.6 is 15.9 Å². The number of hydrogen-bond donors (Lipinski definition) is 2. The lowest BCUT2D eigenvalue weighted by molar-refractivity contribution is 0.529. The van der Waals surface area contributed by atoms with Gasteiger partial charge in [0.1, 0.15) is 5.82 Å². The summed E-state index contributed by atoms with van der Waals surface area (Å²) in [5, 5.41) is 0. The first-order valence-electron chi connectivity index (χ1n) is 6.07. The Morgan fingerprint density at radius 1 is 1.21 bits per heavy atom. The van der Waals surface area contributed by atoms with Crippen LogP contribution in [-0.2, 0) is 6.42 Å². The topological polar surface area (TPSA) is 38.0 Å². The van der Waals surface area contributed by atoms with Crippen LogP contribution in [0.25, 0.3) is 0 Å². The zero-order valence-electron chi connectivity index (χ0n) is 10.7. The van der Waals surface area contributed by atoms with Gasteiger partial charge in [0.2, 0.25) is 0 Å². The number of hydrogen-bond acceptors (Lipinski definition) is 2. The molecule has 0 amide bonds. The van der Waals surface area contributed by atoms with Gasteiger partial charge in [0.25, 0.3) is 0 Å². The van der Waals surface area contributed by atoms with Crippen LogP contribution < -0.4 is 11.3 Å². The number of rotatable bonds is 4. The molecule has 4 heteroatoms. The van der Waals surface area contributed by atoms with Crippen LogP contribution in [-0.4, -0.2) is 0 Å². The van der Waals surface area contributed by atoms with Gasteiger partial charge in [-0.15, -0.1) is 0 Å². The fraction of sp³-hybridized carbons (Fsp3) is 0.200. The van der Waals surface area contributed by atoms with Crippen molar-refractivity contribution in [3.63, 3.8) is 0 Å². The second-order valence-electron chi connectivity index (χ2n) is 4.57. The third-order valence-corrected chi connectivity index (χ3v) is 3.61. The van der Waals surface area contributed by atoms with E-state index in [1.54, 1.807) is 12.1 Å². The molecule has 1 atom stereocenters. The van der Waals surface area contributed by atoms with Crippen LogP contribution in [0.4, 0.5) is 4.39 Å². The van der Waals surface area contributed by atoms with Gasteiger partial charge in [0, 0.05) is 4.47 Å². The van der Waals surface area contributed by atoms with Gasteiger partial charge in [-0.05, 0) is 42.7 Å². The van der Waals surface area contributed by atoms with Crippen molar-refractivity contribution in [2.24, 2.45) is 5.84 Å². The number of nitrogens with one attached hydrogen (secondary N) is 1. The highest BCUT2D eigenvalue weighted by atomic mass is 79.9. The second kappa shape index (κ2) is 6.28. The quantitative estimate of drug-likeness (QED) is 0.666. The molecule has 2 aromatic carbocycles. The largest absolute Gasteiger partial charge is 0.271 e. The van der Waals surface area contributed by atoms with Gasteiger partial charge in [-0.3, -0.25) is 11.3 Å². The van der Waals surface area contributed by atoms with E-state index in [2.05, 4.69) is 21.4 Å². The molecule has 0 saturated heterocycles. The van der Waals surface area contributed by atoms with Gasteiger partial charge < -0.3 is 0 Å². The molecule has 0 saturated carbocycles. The molecule has 0 radical (unpaired) electrons. The first-order valence-corrected chi connectivity index (χ1v) is 6.86. The van der Waals surface area contributed by atoms with Crippen molar-refractivity contribution in [3.05, 3.63) is 69.4 Å². The van der Waals surface area contributed by atoms with Gasteiger partial charge in [0.05, 0.1) is 6.04 Å². The van der Waals surface area contributed by atoms with Crippen LogP contribution in [0.3, 0.4) is 0 Å². The highest BCUT2D eigenvalue weighted by Crippen LogP contribution is 2.22. The maximum atomic E-state index is 13.8. The van der Waals surface area contributed by atoms with Crippen LogP contribution in [0.5, 0.6) is 0 Å². The summed E-state index contributed by atoms with van der Waals surface area (Å²) in [5.74, 6) is 5.38. The van der Waals surface area contributed by atoms with E-state index in [9.17, 15) is 4.39 Å². The zero-order chi connectivity index (χ0) is 13.8. The monoisotopic (exact) mass is 322 g/mol. The summed E-state index contributed by atoms with van der Waals surface area (Å²) in [6.45, 7) is 2.03. The molecule has 19 heavy (non-hydrogen) atoms. The summed E-state index contributed by atoms with van der Waals surface area (Å²) < 4.78 is 14.6. The van der Waals surface area contributed by atoms with Gasteiger partial charge >= 0.3 is 0 Å². The van der Waals surface area contributed by atoms with Crippen LogP contribution in [0.1, 0.15) is 22.7 Å². The highest BCUT2D eigenvalue weighted by molar-refractivity contribution is 9.10. The number of benzene rings is 2. The van der Waals surface area contributed by atoms with Gasteiger partial charge in [-0.1, -0.05) is 45.8 Å². The zero-order valence-corrected chi connectivity index (χ0v) is 12.2. The van der Waals surface area contributed by atoms with Crippen molar-refractivity contribution in [2.75, 3.05) is 0 Å². The molecule has 3 N–H and O–H groups in total. The first kappa shape index (κ1) is 14.2. The smallest absolute Gasteiger partial charge is 0.126 e. The van der Waals surface area contributed by atoms with E-state index < -0.39 is 0 Å². The Balaban J connectivity index is 2.23. The molecule has 0 fully saturated rings. The maximum absolute atomic E-state index is 13.8. The van der Waals surface area contributed by atoms with Crippen molar-refractivity contribution in [1.29, 1.82) is 0 Å². The third kappa shape index (κ3) is 3.62. The van der Waals surface area contributed by atoms with E-state index in [1.165, 1.54) is 11.6 Å². The average Bonchev–Trinajstić information content (AvgIpc) is 2.41. The number of aryl methyl sites for hydroxylation is 1. The second-order valence-corrected chi connectivity index (χ2v) is 5.49. The Hall–Kier alpha value is -1.23. The molecule has 0 aliphatic heterocycles.